The van der Waals surface area contributed by atoms with Crippen LogP contribution < -0.4 is 0 Å². The monoisotopic (exact) mass is 317 g/mol. The summed E-state index contributed by atoms with van der Waals surface area (Å²) in [5.41, 5.74) is 0. The highest BCUT2D eigenvalue weighted by Gasteiger charge is 2.03. The Kier molecular flexibility index (Phi) is 15.5. The molecule has 4 heteroatoms. The van der Waals surface area contributed by atoms with Crippen LogP contribution in [0.2, 0.25) is 0 Å². The van der Waals surface area contributed by atoms with Crippen LogP contribution in [-0.4, -0.2) is 28.8 Å². The molecule has 21 heavy (non-hydrogen) atoms. The highest BCUT2D eigenvalue weighted by molar-refractivity contribution is 7.99. The van der Waals surface area contributed by atoms with Gasteiger partial charge in [-0.2, -0.15) is 11.8 Å². The van der Waals surface area contributed by atoms with Crippen molar-refractivity contribution in [3.8, 4) is 0 Å². The van der Waals surface area contributed by atoms with Crippen LogP contribution in [0.1, 0.15) is 71.1 Å². The third-order valence-corrected chi connectivity index (χ3v) is 4.35. The van der Waals surface area contributed by atoms with Crippen molar-refractivity contribution in [2.75, 3.05) is 11.5 Å². The van der Waals surface area contributed by atoms with E-state index in [0.717, 1.165) is 56.5 Å². The van der Waals surface area contributed by atoms with E-state index >= 15 is 0 Å². The van der Waals surface area contributed by atoms with Crippen LogP contribution in [0, 0.1) is 0 Å². The second-order valence-corrected chi connectivity index (χ2v) is 6.62. The molecule has 0 saturated carbocycles. The van der Waals surface area contributed by atoms with E-state index in [2.05, 4.69) is 12.2 Å². The lowest BCUT2D eigenvalue weighted by Crippen LogP contribution is -1.98. The van der Waals surface area contributed by atoms with E-state index in [1.807, 2.05) is 6.92 Å². The number of carbonyl (C=O) groups is 1. The van der Waals surface area contributed by atoms with Crippen molar-refractivity contribution in [2.24, 2.45) is 0 Å². The maximum atomic E-state index is 13.2. The molecule has 0 heterocycles. The molecule has 1 N–H and O–H groups in total. The summed E-state index contributed by atoms with van der Waals surface area (Å²) in [5.74, 6) is 1.06. The summed E-state index contributed by atoms with van der Waals surface area (Å²) in [5, 5.41) is 8.49. The number of carboxylic acid groups (broad SMARTS) is 1. The minimum absolute atomic E-state index is 0.266. The Morgan fingerprint density at radius 2 is 1.76 bits per heavy atom. The average Bonchev–Trinajstić information content (AvgIpc) is 2.44. The summed E-state index contributed by atoms with van der Waals surface area (Å²) >= 11 is 1.72. The van der Waals surface area contributed by atoms with Crippen molar-refractivity contribution in [1.29, 1.82) is 0 Å². The van der Waals surface area contributed by atoms with Gasteiger partial charge < -0.3 is 5.11 Å². The molecule has 0 saturated heterocycles. The summed E-state index contributed by atoms with van der Waals surface area (Å²) in [7, 11) is 0. The molecule has 0 fully saturated rings. The number of allylic oxidation sites excluding steroid dienone is 2. The molecular formula is C17H31FO2S. The summed E-state index contributed by atoms with van der Waals surface area (Å²) in [6.45, 7) is 2.03. The van der Waals surface area contributed by atoms with Gasteiger partial charge in [0.2, 0.25) is 0 Å². The largest absolute Gasteiger partial charge is 0.481 e. The first-order valence-electron chi connectivity index (χ1n) is 8.25. The molecule has 0 aliphatic carbocycles. The summed E-state index contributed by atoms with van der Waals surface area (Å²) in [4.78, 5) is 10.3. The van der Waals surface area contributed by atoms with Crippen LogP contribution in [0.4, 0.5) is 4.39 Å². The molecule has 0 rings (SSSR count). The quantitative estimate of drug-likeness (QED) is 0.314. The van der Waals surface area contributed by atoms with Gasteiger partial charge in [-0.15, -0.1) is 0 Å². The predicted molar refractivity (Wildman–Crippen MR) is 90.8 cm³/mol. The molecular weight excluding hydrogens is 286 g/mol. The van der Waals surface area contributed by atoms with Gasteiger partial charge in [0.15, 0.2) is 0 Å². The third-order valence-electron chi connectivity index (χ3n) is 3.28. The predicted octanol–water partition coefficient (Wildman–Crippen LogP) is 5.62. The minimum Gasteiger partial charge on any atom is -0.481 e. The molecule has 0 bridgehead atoms. The van der Waals surface area contributed by atoms with Crippen LogP contribution in [0.15, 0.2) is 12.2 Å². The maximum Gasteiger partial charge on any atom is 0.304 e. The van der Waals surface area contributed by atoms with E-state index in [1.165, 1.54) is 6.42 Å². The maximum absolute atomic E-state index is 13.2. The summed E-state index contributed by atoms with van der Waals surface area (Å²) in [6, 6.07) is 0. The molecule has 0 aromatic heterocycles. The zero-order chi connectivity index (χ0) is 15.8. The Morgan fingerprint density at radius 1 is 1.10 bits per heavy atom. The lowest BCUT2D eigenvalue weighted by Gasteiger charge is -2.04. The number of unbranched alkanes of at least 4 members (excludes halogenated alkanes) is 4. The van der Waals surface area contributed by atoms with E-state index in [4.69, 9.17) is 5.11 Å². The minimum atomic E-state index is -0.709. The zero-order valence-corrected chi connectivity index (χ0v) is 14.2. The SMILES string of the molecule is CCCC([18F])CCCC/C=C\CCCCSCCC(=O)O. The molecule has 0 radical (unpaired) electrons. The first-order chi connectivity index (χ1) is 10.2. The van der Waals surface area contributed by atoms with Gasteiger partial charge in [0, 0.05) is 5.75 Å². The van der Waals surface area contributed by atoms with Crippen molar-refractivity contribution >= 4 is 17.7 Å². The van der Waals surface area contributed by atoms with E-state index in [9.17, 15) is 9.18 Å². The zero-order valence-electron chi connectivity index (χ0n) is 13.4. The first kappa shape index (κ1) is 20.5. The lowest BCUT2D eigenvalue weighted by molar-refractivity contribution is -0.136. The highest BCUT2D eigenvalue weighted by Crippen LogP contribution is 2.12. The Labute approximate surface area is 133 Å². The number of alkyl halides is 1. The highest BCUT2D eigenvalue weighted by atomic mass is 32.2. The van der Waals surface area contributed by atoms with E-state index in [1.54, 1.807) is 11.8 Å². The molecule has 0 amide bonds. The molecule has 124 valence electrons. The van der Waals surface area contributed by atoms with Gasteiger partial charge in [0.1, 0.15) is 6.17 Å². The number of hydrogen-bond acceptors (Lipinski definition) is 2. The van der Waals surface area contributed by atoms with Crippen LogP contribution in [-0.2, 0) is 4.79 Å². The van der Waals surface area contributed by atoms with Gasteiger partial charge in [0.05, 0.1) is 6.42 Å². The van der Waals surface area contributed by atoms with Gasteiger partial charge >= 0.3 is 5.97 Å². The van der Waals surface area contributed by atoms with Gasteiger partial charge in [0.25, 0.3) is 0 Å². The third kappa shape index (κ3) is 17.4. The molecule has 0 spiro atoms. The molecule has 2 nitrogen and oxygen atoms in total. The topological polar surface area (TPSA) is 37.3 Å². The fourth-order valence-electron chi connectivity index (χ4n) is 2.05. The lowest BCUT2D eigenvalue weighted by atomic mass is 10.1. The molecule has 0 aromatic carbocycles. The van der Waals surface area contributed by atoms with Gasteiger partial charge in [-0.05, 0) is 50.7 Å². The molecule has 0 aliphatic rings. The fourth-order valence-corrected chi connectivity index (χ4v) is 2.98. The first-order valence-corrected chi connectivity index (χ1v) is 9.40. The Balaban J connectivity index is 3.17. The number of thioether (sulfide) groups is 1. The van der Waals surface area contributed by atoms with Crippen LogP contribution >= 0.6 is 11.8 Å². The van der Waals surface area contributed by atoms with Crippen molar-refractivity contribution < 1.29 is 14.3 Å². The number of halogens is 1. The van der Waals surface area contributed by atoms with Gasteiger partial charge in [-0.3, -0.25) is 4.79 Å². The molecule has 1 atom stereocenters. The second kappa shape index (κ2) is 15.9. The van der Waals surface area contributed by atoms with Crippen molar-refractivity contribution in [1.82, 2.24) is 0 Å². The molecule has 1 unspecified atom stereocenters. The standard InChI is InChI=1S/C17H31FO2S/c1-2-11-16(18)12-9-7-5-3-4-6-8-10-14-21-15-13-17(19)20/h3-4,16H,2,5-15H2,1H3,(H,19,20)/b4-3-/i18-1. The van der Waals surface area contributed by atoms with Crippen LogP contribution in [0.25, 0.3) is 0 Å². The summed E-state index contributed by atoms with van der Waals surface area (Å²) in [6.07, 6.45) is 13.0. The van der Waals surface area contributed by atoms with E-state index in [0.29, 0.717) is 6.42 Å². The summed E-state index contributed by atoms with van der Waals surface area (Å²) < 4.78 is 13.2. The molecule has 0 aliphatic heterocycles. The van der Waals surface area contributed by atoms with Crippen molar-refractivity contribution in [3.05, 3.63) is 12.2 Å². The Bertz CT molecular complexity index is 270. The number of rotatable bonds is 15. The van der Waals surface area contributed by atoms with Crippen LogP contribution in [0.5, 0.6) is 0 Å². The Hall–Kier alpha value is -0.510. The van der Waals surface area contributed by atoms with E-state index in [-0.39, 0.29) is 6.42 Å². The van der Waals surface area contributed by atoms with Gasteiger partial charge in [-0.25, -0.2) is 4.39 Å². The van der Waals surface area contributed by atoms with Crippen molar-refractivity contribution in [2.45, 2.75) is 77.3 Å². The van der Waals surface area contributed by atoms with E-state index < -0.39 is 12.1 Å². The normalized spacial score (nSPS) is 12.9. The second-order valence-electron chi connectivity index (χ2n) is 5.39. The Morgan fingerprint density at radius 3 is 2.38 bits per heavy atom. The van der Waals surface area contributed by atoms with Crippen molar-refractivity contribution in [3.63, 3.8) is 0 Å². The number of aliphatic carboxylic acids is 1. The smallest absolute Gasteiger partial charge is 0.304 e. The average molecular weight is 318 g/mol. The number of carboxylic acids is 1. The molecule has 0 aromatic rings. The van der Waals surface area contributed by atoms with Crippen LogP contribution in [0.3, 0.4) is 0 Å². The number of hydrogen-bond donors (Lipinski definition) is 1. The fraction of sp³-hybridized carbons (Fsp3) is 0.824. The van der Waals surface area contributed by atoms with Gasteiger partial charge in [-0.1, -0.05) is 31.9 Å².